The van der Waals surface area contributed by atoms with Crippen molar-refractivity contribution in [1.29, 1.82) is 0 Å². The van der Waals surface area contributed by atoms with Crippen molar-refractivity contribution < 1.29 is 4.79 Å². The molecule has 5 rings (SSSR count). The Morgan fingerprint density at radius 1 is 1.11 bits per heavy atom. The van der Waals surface area contributed by atoms with Gasteiger partial charge in [0.1, 0.15) is 23.0 Å². The molecule has 6 nitrogen and oxygen atoms in total. The van der Waals surface area contributed by atoms with Gasteiger partial charge in [0.2, 0.25) is 5.91 Å². The van der Waals surface area contributed by atoms with Crippen LogP contribution in [0.4, 0.5) is 5.82 Å². The van der Waals surface area contributed by atoms with Gasteiger partial charge in [0.15, 0.2) is 0 Å². The number of aromatic nitrogens is 2. The van der Waals surface area contributed by atoms with Crippen LogP contribution in [0.25, 0.3) is 10.2 Å². The molecule has 8 heteroatoms. The van der Waals surface area contributed by atoms with Gasteiger partial charge in [-0.2, -0.15) is 0 Å². The number of carbonyl (C=O) groups excluding carboxylic acids is 1. The highest BCUT2D eigenvalue weighted by Gasteiger charge is 2.38. The number of anilines is 1. The maximum atomic E-state index is 13.4. The first-order chi connectivity index (χ1) is 12.8. The van der Waals surface area contributed by atoms with Crippen LogP contribution >= 0.6 is 23.7 Å². The lowest BCUT2D eigenvalue weighted by Crippen LogP contribution is -2.46. The summed E-state index contributed by atoms with van der Waals surface area (Å²) in [6.45, 7) is 4.97. The molecule has 3 atom stereocenters. The predicted octanol–water partition coefficient (Wildman–Crippen LogP) is 2.54. The van der Waals surface area contributed by atoms with Crippen molar-refractivity contribution in [3.63, 3.8) is 0 Å². The number of hydrogen-bond donors (Lipinski definition) is 1. The van der Waals surface area contributed by atoms with Gasteiger partial charge in [-0.1, -0.05) is 0 Å². The summed E-state index contributed by atoms with van der Waals surface area (Å²) in [5, 5.41) is 6.64. The summed E-state index contributed by atoms with van der Waals surface area (Å²) in [7, 11) is 0. The Labute approximate surface area is 169 Å². The number of amides is 1. The Morgan fingerprint density at radius 3 is 2.67 bits per heavy atom. The van der Waals surface area contributed by atoms with Gasteiger partial charge in [-0.15, -0.1) is 23.7 Å². The topological polar surface area (TPSA) is 61.4 Å². The van der Waals surface area contributed by atoms with E-state index in [-0.39, 0.29) is 18.4 Å². The highest BCUT2D eigenvalue weighted by atomic mass is 35.5. The quantitative estimate of drug-likeness (QED) is 0.828. The van der Waals surface area contributed by atoms with Gasteiger partial charge < -0.3 is 15.1 Å². The van der Waals surface area contributed by atoms with Crippen LogP contribution in [-0.2, 0) is 4.79 Å². The monoisotopic (exact) mass is 407 g/mol. The second-order valence-electron chi connectivity index (χ2n) is 7.77. The van der Waals surface area contributed by atoms with E-state index in [1.807, 2.05) is 0 Å². The number of thiophene rings is 1. The van der Waals surface area contributed by atoms with Crippen molar-refractivity contribution in [2.45, 2.75) is 31.7 Å². The molecule has 3 aliphatic rings. The molecule has 1 N–H and O–H groups in total. The van der Waals surface area contributed by atoms with Crippen molar-refractivity contribution in [3.8, 4) is 0 Å². The van der Waals surface area contributed by atoms with Gasteiger partial charge in [0.05, 0.1) is 5.39 Å². The zero-order chi connectivity index (χ0) is 17.5. The van der Waals surface area contributed by atoms with E-state index in [9.17, 15) is 4.79 Å². The fourth-order valence-electron chi connectivity index (χ4n) is 4.93. The number of rotatable bonds is 2. The first-order valence-corrected chi connectivity index (χ1v) is 10.6. The summed E-state index contributed by atoms with van der Waals surface area (Å²) >= 11 is 1.63. The fraction of sp³-hybridized carbons (Fsp3) is 0.632. The molecule has 2 aromatic rings. The Morgan fingerprint density at radius 2 is 1.89 bits per heavy atom. The number of likely N-dealkylation sites (tertiary alicyclic amines) is 1. The average molecular weight is 408 g/mol. The molecule has 27 heavy (non-hydrogen) atoms. The van der Waals surface area contributed by atoms with Crippen LogP contribution < -0.4 is 10.2 Å². The highest BCUT2D eigenvalue weighted by Crippen LogP contribution is 2.33. The largest absolute Gasteiger partial charge is 0.344 e. The SMILES string of the molecule is Cl.O=C(C1CCCN1c1ncnc2sccc12)N1CC[C@@H]2CNC[C@@H]2CC1. The minimum absolute atomic E-state index is 0. The van der Waals surface area contributed by atoms with Crippen molar-refractivity contribution in [2.24, 2.45) is 11.8 Å². The average Bonchev–Trinajstić information content (AvgIpc) is 3.39. The van der Waals surface area contributed by atoms with Gasteiger partial charge in [-0.05, 0) is 62.1 Å². The van der Waals surface area contributed by atoms with E-state index in [1.54, 1.807) is 17.7 Å². The number of nitrogens with zero attached hydrogens (tertiary/aromatic N) is 4. The zero-order valence-corrected chi connectivity index (χ0v) is 17.0. The third kappa shape index (κ3) is 3.41. The van der Waals surface area contributed by atoms with Crippen LogP contribution in [0.3, 0.4) is 0 Å². The molecule has 1 amide bonds. The molecular weight excluding hydrogens is 382 g/mol. The van der Waals surface area contributed by atoms with Gasteiger partial charge in [0.25, 0.3) is 0 Å². The predicted molar refractivity (Wildman–Crippen MR) is 111 cm³/mol. The molecule has 0 radical (unpaired) electrons. The minimum atomic E-state index is -0.0657. The third-order valence-electron chi connectivity index (χ3n) is 6.38. The summed E-state index contributed by atoms with van der Waals surface area (Å²) in [5.41, 5.74) is 0. The molecule has 3 saturated heterocycles. The molecule has 0 aliphatic carbocycles. The fourth-order valence-corrected chi connectivity index (χ4v) is 5.66. The van der Waals surface area contributed by atoms with Gasteiger partial charge >= 0.3 is 0 Å². The highest BCUT2D eigenvalue weighted by molar-refractivity contribution is 7.16. The van der Waals surface area contributed by atoms with E-state index in [0.29, 0.717) is 5.91 Å². The molecule has 146 valence electrons. The maximum Gasteiger partial charge on any atom is 0.245 e. The molecule has 5 heterocycles. The lowest BCUT2D eigenvalue weighted by molar-refractivity contribution is -0.132. The van der Waals surface area contributed by atoms with Crippen molar-refractivity contribution in [3.05, 3.63) is 17.8 Å². The second-order valence-corrected chi connectivity index (χ2v) is 8.66. The molecule has 0 aromatic carbocycles. The van der Waals surface area contributed by atoms with Crippen LogP contribution in [0.15, 0.2) is 17.8 Å². The Kier molecular flexibility index (Phi) is 5.53. The van der Waals surface area contributed by atoms with Crippen LogP contribution in [0.2, 0.25) is 0 Å². The summed E-state index contributed by atoms with van der Waals surface area (Å²) in [5.74, 6) is 2.74. The molecule has 2 aromatic heterocycles. The standard InChI is InChI=1S/C19H25N5OS.ClH/c25-19(23-7-3-13-10-20-11-14(13)4-8-23)16-2-1-6-24(16)17-15-5-9-26-18(15)22-12-21-17;/h5,9,12-14,16,20H,1-4,6-8,10-11H2;1H/t13-,14+,16?;. The van der Waals surface area contributed by atoms with Gasteiger partial charge in [-0.25, -0.2) is 9.97 Å². The van der Waals surface area contributed by atoms with Crippen LogP contribution in [0.1, 0.15) is 25.7 Å². The normalized spacial score (nSPS) is 28.1. The number of nitrogens with one attached hydrogen (secondary N) is 1. The van der Waals surface area contributed by atoms with E-state index < -0.39 is 0 Å². The van der Waals surface area contributed by atoms with Crippen LogP contribution in [0.5, 0.6) is 0 Å². The Bertz CT molecular complexity index is 800. The first kappa shape index (κ1) is 18.9. The summed E-state index contributed by atoms with van der Waals surface area (Å²) in [6.07, 6.45) is 5.89. The van der Waals surface area contributed by atoms with E-state index in [2.05, 4.69) is 36.5 Å². The molecule has 0 spiro atoms. The smallest absolute Gasteiger partial charge is 0.245 e. The number of hydrogen-bond acceptors (Lipinski definition) is 6. The van der Waals surface area contributed by atoms with Crippen LogP contribution in [0, 0.1) is 11.8 Å². The van der Waals surface area contributed by atoms with E-state index in [0.717, 1.165) is 86.3 Å². The van der Waals surface area contributed by atoms with Gasteiger partial charge in [0, 0.05) is 19.6 Å². The molecule has 1 unspecified atom stereocenters. The number of fused-ring (bicyclic) bond motifs is 2. The first-order valence-electron chi connectivity index (χ1n) is 9.75. The molecular formula is C19H26ClN5OS. The van der Waals surface area contributed by atoms with E-state index in [1.165, 1.54) is 0 Å². The zero-order valence-electron chi connectivity index (χ0n) is 15.3. The minimum Gasteiger partial charge on any atom is -0.344 e. The van der Waals surface area contributed by atoms with Gasteiger partial charge in [-0.3, -0.25) is 4.79 Å². The van der Waals surface area contributed by atoms with Crippen molar-refractivity contribution in [2.75, 3.05) is 37.6 Å². The summed E-state index contributed by atoms with van der Waals surface area (Å²) in [6, 6.07) is 2.01. The Balaban J connectivity index is 0.00000180. The lowest BCUT2D eigenvalue weighted by Gasteiger charge is -2.30. The molecule has 0 bridgehead atoms. The number of carbonyl (C=O) groups is 1. The van der Waals surface area contributed by atoms with E-state index >= 15 is 0 Å². The van der Waals surface area contributed by atoms with Crippen molar-refractivity contribution >= 4 is 45.7 Å². The maximum absolute atomic E-state index is 13.4. The lowest BCUT2D eigenvalue weighted by atomic mass is 9.92. The molecule has 0 saturated carbocycles. The summed E-state index contributed by atoms with van der Waals surface area (Å²) in [4.78, 5) is 27.6. The third-order valence-corrected chi connectivity index (χ3v) is 7.20. The van der Waals surface area contributed by atoms with Crippen LogP contribution in [-0.4, -0.2) is 59.5 Å². The second kappa shape index (κ2) is 7.89. The van der Waals surface area contributed by atoms with Crippen molar-refractivity contribution in [1.82, 2.24) is 20.2 Å². The summed E-state index contributed by atoms with van der Waals surface area (Å²) < 4.78 is 0. The Hall–Kier alpha value is -1.44. The van der Waals surface area contributed by atoms with E-state index in [4.69, 9.17) is 0 Å². The molecule has 3 aliphatic heterocycles. The number of halogens is 1. The molecule has 3 fully saturated rings.